The molecule has 2 N–H and O–H groups in total. The Labute approximate surface area is 125 Å². The van der Waals surface area contributed by atoms with Crippen molar-refractivity contribution in [3.63, 3.8) is 0 Å². The maximum Gasteiger partial charge on any atom is 0.0225 e. The fourth-order valence-corrected chi connectivity index (χ4v) is 6.07. The molecular formula is C18H34N2. The van der Waals surface area contributed by atoms with Crippen LogP contribution in [0.5, 0.6) is 0 Å². The van der Waals surface area contributed by atoms with Gasteiger partial charge in [0.1, 0.15) is 0 Å². The second-order valence-electron chi connectivity index (χ2n) is 8.77. The summed E-state index contributed by atoms with van der Waals surface area (Å²) in [5, 5.41) is 0. The Hall–Kier alpha value is -0.0800. The Morgan fingerprint density at radius 2 is 1.30 bits per heavy atom. The highest BCUT2D eigenvalue weighted by Crippen LogP contribution is 2.61. The van der Waals surface area contributed by atoms with Gasteiger partial charge in [0, 0.05) is 24.7 Å². The van der Waals surface area contributed by atoms with Crippen LogP contribution in [0.4, 0.5) is 0 Å². The minimum atomic E-state index is 0.390. The molecule has 0 aliphatic heterocycles. The van der Waals surface area contributed by atoms with Gasteiger partial charge in [-0.25, -0.2) is 0 Å². The van der Waals surface area contributed by atoms with Gasteiger partial charge < -0.3 is 5.73 Å². The molecule has 4 aliphatic rings. The van der Waals surface area contributed by atoms with Crippen LogP contribution in [-0.4, -0.2) is 29.6 Å². The van der Waals surface area contributed by atoms with Crippen LogP contribution in [0.3, 0.4) is 0 Å². The Morgan fingerprint density at radius 1 is 0.900 bits per heavy atom. The largest absolute Gasteiger partial charge is 0.326 e. The quantitative estimate of drug-likeness (QED) is 0.832. The van der Waals surface area contributed by atoms with Crippen LogP contribution in [0.2, 0.25) is 0 Å². The highest BCUT2D eigenvalue weighted by atomic mass is 15.2. The summed E-state index contributed by atoms with van der Waals surface area (Å²) in [5.41, 5.74) is 7.30. The summed E-state index contributed by atoms with van der Waals surface area (Å²) in [6.45, 7) is 10.3. The second kappa shape index (κ2) is 5.28. The Morgan fingerprint density at radius 3 is 1.65 bits per heavy atom. The topological polar surface area (TPSA) is 29.3 Å². The SMILES string of the molecule is CC(C)N(C[C@@H](N)C12CC3CC(CC(C3)C1)C2)C(C)C. The maximum absolute atomic E-state index is 6.81. The highest BCUT2D eigenvalue weighted by Gasteiger charge is 2.53. The zero-order valence-corrected chi connectivity index (χ0v) is 13.9. The smallest absolute Gasteiger partial charge is 0.0225 e. The first-order valence-electron chi connectivity index (χ1n) is 8.91. The van der Waals surface area contributed by atoms with E-state index in [0.717, 1.165) is 24.3 Å². The minimum Gasteiger partial charge on any atom is -0.326 e. The molecule has 0 saturated heterocycles. The maximum atomic E-state index is 6.81. The molecule has 0 radical (unpaired) electrons. The fraction of sp³-hybridized carbons (Fsp3) is 1.00. The summed E-state index contributed by atoms with van der Waals surface area (Å²) in [4.78, 5) is 2.60. The molecule has 20 heavy (non-hydrogen) atoms. The van der Waals surface area contributed by atoms with Crippen LogP contribution in [0.25, 0.3) is 0 Å². The fourth-order valence-electron chi connectivity index (χ4n) is 6.07. The van der Waals surface area contributed by atoms with Crippen LogP contribution in [0.15, 0.2) is 0 Å². The summed E-state index contributed by atoms with van der Waals surface area (Å²) >= 11 is 0. The van der Waals surface area contributed by atoms with E-state index in [0.29, 0.717) is 23.5 Å². The molecule has 0 spiro atoms. The average Bonchev–Trinajstić information content (AvgIpc) is 2.32. The third-order valence-electron chi connectivity index (χ3n) is 6.61. The van der Waals surface area contributed by atoms with Crippen LogP contribution in [-0.2, 0) is 0 Å². The van der Waals surface area contributed by atoms with E-state index < -0.39 is 0 Å². The monoisotopic (exact) mass is 278 g/mol. The Bertz CT molecular complexity index is 304. The molecule has 4 fully saturated rings. The van der Waals surface area contributed by atoms with Crippen molar-refractivity contribution in [3.05, 3.63) is 0 Å². The summed E-state index contributed by atoms with van der Waals surface area (Å²) in [7, 11) is 0. The standard InChI is InChI=1S/C18H34N2/c1-12(2)20(13(3)4)11-17(19)18-8-14-5-15(9-18)7-16(6-14)10-18/h12-17H,5-11,19H2,1-4H3/t14?,15?,16?,17-,18?/m1/s1. The second-order valence-corrected chi connectivity index (χ2v) is 8.77. The lowest BCUT2D eigenvalue weighted by molar-refractivity contribution is -0.0739. The number of rotatable bonds is 5. The molecule has 0 unspecified atom stereocenters. The van der Waals surface area contributed by atoms with E-state index in [1.807, 2.05) is 0 Å². The molecule has 2 heteroatoms. The van der Waals surface area contributed by atoms with Crippen LogP contribution < -0.4 is 5.73 Å². The molecular weight excluding hydrogens is 244 g/mol. The first kappa shape index (κ1) is 14.8. The van der Waals surface area contributed by atoms with Crippen LogP contribution >= 0.6 is 0 Å². The van der Waals surface area contributed by atoms with Gasteiger partial charge in [0.2, 0.25) is 0 Å². The van der Waals surface area contributed by atoms with Gasteiger partial charge in [-0.1, -0.05) is 0 Å². The zero-order valence-electron chi connectivity index (χ0n) is 13.9. The highest BCUT2D eigenvalue weighted by molar-refractivity contribution is 5.06. The predicted octanol–water partition coefficient (Wildman–Crippen LogP) is 3.65. The van der Waals surface area contributed by atoms with Gasteiger partial charge >= 0.3 is 0 Å². The summed E-state index contributed by atoms with van der Waals surface area (Å²) in [6.07, 6.45) is 8.86. The molecule has 0 aromatic carbocycles. The molecule has 4 rings (SSSR count). The Balaban J connectivity index is 1.71. The number of hydrogen-bond donors (Lipinski definition) is 1. The molecule has 0 aromatic heterocycles. The van der Waals surface area contributed by atoms with Crippen molar-refractivity contribution in [2.24, 2.45) is 28.9 Å². The molecule has 4 aliphatic carbocycles. The van der Waals surface area contributed by atoms with Crippen LogP contribution in [0.1, 0.15) is 66.2 Å². The van der Waals surface area contributed by atoms with Gasteiger partial charge in [-0.3, -0.25) is 4.90 Å². The molecule has 2 nitrogen and oxygen atoms in total. The molecule has 4 bridgehead atoms. The lowest BCUT2D eigenvalue weighted by atomic mass is 9.47. The van der Waals surface area contributed by atoms with Gasteiger partial charge in [0.15, 0.2) is 0 Å². The lowest BCUT2D eigenvalue weighted by Gasteiger charge is -2.59. The van der Waals surface area contributed by atoms with Crippen molar-refractivity contribution in [2.45, 2.75) is 84.3 Å². The molecule has 0 amide bonds. The number of nitrogens with two attached hydrogens (primary N) is 1. The number of nitrogens with zero attached hydrogens (tertiary/aromatic N) is 1. The molecule has 116 valence electrons. The first-order chi connectivity index (χ1) is 9.39. The van der Waals surface area contributed by atoms with Gasteiger partial charge in [-0.05, 0) is 89.4 Å². The first-order valence-corrected chi connectivity index (χ1v) is 8.91. The van der Waals surface area contributed by atoms with Gasteiger partial charge in [0.25, 0.3) is 0 Å². The lowest BCUT2D eigenvalue weighted by Crippen LogP contribution is -2.59. The normalized spacial score (nSPS) is 41.1. The van der Waals surface area contributed by atoms with Crippen LogP contribution in [0, 0.1) is 23.2 Å². The van der Waals surface area contributed by atoms with E-state index in [4.69, 9.17) is 5.73 Å². The summed E-state index contributed by atoms with van der Waals surface area (Å²) in [5.74, 6) is 3.04. The molecule has 4 saturated carbocycles. The van der Waals surface area contributed by atoms with Crippen molar-refractivity contribution in [3.8, 4) is 0 Å². The molecule has 1 atom stereocenters. The van der Waals surface area contributed by atoms with Crippen molar-refractivity contribution in [2.75, 3.05) is 6.54 Å². The third-order valence-corrected chi connectivity index (χ3v) is 6.61. The van der Waals surface area contributed by atoms with Crippen molar-refractivity contribution in [1.29, 1.82) is 0 Å². The van der Waals surface area contributed by atoms with Gasteiger partial charge in [0.05, 0.1) is 0 Å². The van der Waals surface area contributed by atoms with E-state index in [-0.39, 0.29) is 0 Å². The van der Waals surface area contributed by atoms with E-state index in [1.165, 1.54) is 38.5 Å². The van der Waals surface area contributed by atoms with E-state index >= 15 is 0 Å². The van der Waals surface area contributed by atoms with Crippen molar-refractivity contribution in [1.82, 2.24) is 4.90 Å². The summed E-state index contributed by atoms with van der Waals surface area (Å²) in [6, 6.07) is 1.60. The number of hydrogen-bond acceptors (Lipinski definition) is 2. The molecule has 0 heterocycles. The van der Waals surface area contributed by atoms with Gasteiger partial charge in [-0.15, -0.1) is 0 Å². The van der Waals surface area contributed by atoms with E-state index in [1.54, 1.807) is 0 Å². The zero-order chi connectivity index (χ0) is 14.5. The van der Waals surface area contributed by atoms with Crippen molar-refractivity contribution < 1.29 is 0 Å². The van der Waals surface area contributed by atoms with E-state index in [2.05, 4.69) is 32.6 Å². The minimum absolute atomic E-state index is 0.390. The molecule has 0 aromatic rings. The Kier molecular flexibility index (Phi) is 3.92. The van der Waals surface area contributed by atoms with Gasteiger partial charge in [-0.2, -0.15) is 0 Å². The summed E-state index contributed by atoms with van der Waals surface area (Å²) < 4.78 is 0. The van der Waals surface area contributed by atoms with Crippen molar-refractivity contribution >= 4 is 0 Å². The van der Waals surface area contributed by atoms with E-state index in [9.17, 15) is 0 Å². The average molecular weight is 278 g/mol. The third kappa shape index (κ3) is 2.54. The predicted molar refractivity (Wildman–Crippen MR) is 85.6 cm³/mol.